The van der Waals surface area contributed by atoms with Gasteiger partial charge in [0.15, 0.2) is 5.82 Å². The summed E-state index contributed by atoms with van der Waals surface area (Å²) in [7, 11) is 0. The number of nitrogens with zero attached hydrogens (tertiary/aromatic N) is 4. The highest BCUT2D eigenvalue weighted by Gasteiger charge is 2.23. The van der Waals surface area contributed by atoms with Crippen LogP contribution >= 0.6 is 23.4 Å². The molecule has 2 aromatic heterocycles. The first kappa shape index (κ1) is 37.6. The molecule has 2 heterocycles. The lowest BCUT2D eigenvalue weighted by atomic mass is 9.99. The number of aromatic amines is 1. The smallest absolute Gasteiger partial charge is 0.354 e. The van der Waals surface area contributed by atoms with Gasteiger partial charge in [0.25, 0.3) is 0 Å². The van der Waals surface area contributed by atoms with Crippen LogP contribution in [0.5, 0.6) is 0 Å². The minimum absolute atomic E-state index is 0.0444. The number of benzene rings is 2. The number of H-pyrrole nitrogens is 1. The summed E-state index contributed by atoms with van der Waals surface area (Å²) in [5.41, 5.74) is 15.1. The van der Waals surface area contributed by atoms with E-state index in [9.17, 15) is 9.18 Å². The van der Waals surface area contributed by atoms with Gasteiger partial charge in [0.2, 0.25) is 0 Å². The van der Waals surface area contributed by atoms with Crippen molar-refractivity contribution in [1.29, 1.82) is 0 Å². The molecule has 0 saturated carbocycles. The van der Waals surface area contributed by atoms with Crippen molar-refractivity contribution in [2.45, 2.75) is 82.7 Å². The lowest BCUT2D eigenvalue weighted by Gasteiger charge is -2.33. The fourth-order valence-corrected chi connectivity index (χ4v) is 7.01. The second-order valence-electron chi connectivity index (χ2n) is 12.4. The molecule has 0 aliphatic carbocycles. The van der Waals surface area contributed by atoms with Crippen LogP contribution in [0.1, 0.15) is 76.5 Å². The van der Waals surface area contributed by atoms with Crippen LogP contribution in [-0.4, -0.2) is 63.9 Å². The monoisotopic (exact) mass is 699 g/mol. The first-order valence-electron chi connectivity index (χ1n) is 16.7. The molecule has 5 N–H and O–H groups in total. The van der Waals surface area contributed by atoms with Crippen molar-refractivity contribution >= 4 is 40.2 Å². The Bertz CT molecular complexity index is 1750. The Labute approximate surface area is 291 Å². The lowest BCUT2D eigenvalue weighted by Crippen LogP contribution is -2.32. The predicted octanol–water partition coefficient (Wildman–Crippen LogP) is 7.84. The van der Waals surface area contributed by atoms with Crippen molar-refractivity contribution in [3.8, 4) is 16.9 Å². The second kappa shape index (κ2) is 17.9. The maximum atomic E-state index is 15.3. The number of fused-ring (bicyclic) bond motifs is 1. The standard InChI is InChI=1S/C36H48ClF2N7OS/c1-5-9-32(45(16-7-14-38)17-8-15-42-24(3)41)28-13-12-27(21-33(28)48-4)46-22-26-20-31(43-35(26)44-36(46)47)29-18-25(11-6-10-23(2)40)19-30(37)34(29)39/h12-13,18-23,32H,5-11,14-17,40H2,1-4H3,(H2,41,42)(H,43,44,47). The summed E-state index contributed by atoms with van der Waals surface area (Å²) < 4.78 is 30.1. The molecule has 0 fully saturated rings. The Morgan fingerprint density at radius 2 is 1.94 bits per heavy atom. The highest BCUT2D eigenvalue weighted by Crippen LogP contribution is 2.35. The van der Waals surface area contributed by atoms with Crippen LogP contribution in [0.15, 0.2) is 57.3 Å². The summed E-state index contributed by atoms with van der Waals surface area (Å²) in [5.74, 6) is 0.0306. The molecule has 2 unspecified atom stereocenters. The Hall–Kier alpha value is -3.25. The molecule has 0 bridgehead atoms. The van der Waals surface area contributed by atoms with Crippen LogP contribution in [0.4, 0.5) is 8.78 Å². The minimum Gasteiger partial charge on any atom is -0.388 e. The number of aromatic nitrogens is 3. The normalized spacial score (nSPS) is 13.5. The van der Waals surface area contributed by atoms with E-state index in [-0.39, 0.29) is 23.8 Å². The summed E-state index contributed by atoms with van der Waals surface area (Å²) in [4.78, 5) is 28.5. The van der Waals surface area contributed by atoms with Gasteiger partial charge in [-0.05, 0) is 100 Å². The van der Waals surface area contributed by atoms with E-state index < -0.39 is 11.5 Å². The van der Waals surface area contributed by atoms with Crippen molar-refractivity contribution in [1.82, 2.24) is 19.4 Å². The molecule has 0 amide bonds. The Balaban J connectivity index is 1.67. The van der Waals surface area contributed by atoms with E-state index in [4.69, 9.17) is 23.1 Å². The predicted molar refractivity (Wildman–Crippen MR) is 197 cm³/mol. The quantitative estimate of drug-likeness (QED) is 0.0422. The molecular formula is C36H48ClF2N7OS. The first-order valence-corrected chi connectivity index (χ1v) is 18.3. The number of thioether (sulfide) groups is 1. The Morgan fingerprint density at radius 1 is 1.17 bits per heavy atom. The van der Waals surface area contributed by atoms with Gasteiger partial charge in [-0.2, -0.15) is 4.98 Å². The van der Waals surface area contributed by atoms with Crippen molar-refractivity contribution < 1.29 is 8.78 Å². The fraction of sp³-hybridized carbons (Fsp3) is 0.472. The second-order valence-corrected chi connectivity index (χ2v) is 13.6. The zero-order chi connectivity index (χ0) is 34.8. The molecule has 0 saturated heterocycles. The molecule has 48 heavy (non-hydrogen) atoms. The van der Waals surface area contributed by atoms with Crippen molar-refractivity contribution in [2.24, 2.45) is 16.5 Å². The average Bonchev–Trinajstić information content (AvgIpc) is 3.46. The number of aliphatic imine (C=N–C) groups is 1. The topological polar surface area (TPSA) is 118 Å². The number of alkyl halides is 1. The number of nitrogens with one attached hydrogen (secondary N) is 1. The molecule has 2 atom stereocenters. The van der Waals surface area contributed by atoms with Gasteiger partial charge < -0.3 is 16.5 Å². The molecule has 0 aliphatic heterocycles. The van der Waals surface area contributed by atoms with Gasteiger partial charge in [0.1, 0.15) is 5.65 Å². The summed E-state index contributed by atoms with van der Waals surface area (Å²) in [5, 5.41) is 0.705. The van der Waals surface area contributed by atoms with Gasteiger partial charge >= 0.3 is 5.69 Å². The summed E-state index contributed by atoms with van der Waals surface area (Å²) in [6.07, 6.45) is 9.34. The Kier molecular flexibility index (Phi) is 14.0. The number of halogens is 3. The molecule has 2 aromatic carbocycles. The zero-order valence-electron chi connectivity index (χ0n) is 28.4. The van der Waals surface area contributed by atoms with Crippen LogP contribution in [0.2, 0.25) is 5.02 Å². The van der Waals surface area contributed by atoms with E-state index in [0.29, 0.717) is 53.3 Å². The van der Waals surface area contributed by atoms with Gasteiger partial charge in [-0.3, -0.25) is 18.8 Å². The van der Waals surface area contributed by atoms with E-state index in [1.54, 1.807) is 43.1 Å². The number of aryl methyl sites for hydroxylation is 1. The van der Waals surface area contributed by atoms with Gasteiger partial charge in [0.05, 0.1) is 28.9 Å². The highest BCUT2D eigenvalue weighted by atomic mass is 35.5. The molecule has 12 heteroatoms. The number of hydrogen-bond donors (Lipinski definition) is 3. The number of rotatable bonds is 18. The maximum absolute atomic E-state index is 15.3. The summed E-state index contributed by atoms with van der Waals surface area (Å²) >= 11 is 7.91. The van der Waals surface area contributed by atoms with Crippen LogP contribution in [0.3, 0.4) is 0 Å². The van der Waals surface area contributed by atoms with Gasteiger partial charge in [-0.15, -0.1) is 11.8 Å². The van der Waals surface area contributed by atoms with Crippen molar-refractivity contribution in [3.63, 3.8) is 0 Å². The summed E-state index contributed by atoms with van der Waals surface area (Å²) in [6, 6.07) is 11.4. The molecule has 0 aliphatic rings. The van der Waals surface area contributed by atoms with E-state index in [2.05, 4.69) is 32.9 Å². The van der Waals surface area contributed by atoms with E-state index in [1.807, 2.05) is 25.3 Å². The number of amidine groups is 1. The molecule has 0 radical (unpaired) electrons. The highest BCUT2D eigenvalue weighted by molar-refractivity contribution is 7.98. The van der Waals surface area contributed by atoms with E-state index in [1.165, 1.54) is 4.57 Å². The lowest BCUT2D eigenvalue weighted by molar-refractivity contribution is 0.175. The Morgan fingerprint density at radius 3 is 2.62 bits per heavy atom. The molecule has 0 spiro atoms. The number of nitrogens with two attached hydrogens (primary N) is 2. The largest absolute Gasteiger partial charge is 0.388 e. The molecule has 260 valence electrons. The average molecular weight is 700 g/mol. The van der Waals surface area contributed by atoms with Crippen LogP contribution < -0.4 is 17.2 Å². The maximum Gasteiger partial charge on any atom is 0.354 e. The molecular weight excluding hydrogens is 652 g/mol. The third-order valence-corrected chi connectivity index (χ3v) is 9.48. The van der Waals surface area contributed by atoms with Crippen LogP contribution in [-0.2, 0) is 6.42 Å². The third kappa shape index (κ3) is 9.68. The minimum atomic E-state index is -0.529. The van der Waals surface area contributed by atoms with Gasteiger partial charge in [0, 0.05) is 53.8 Å². The van der Waals surface area contributed by atoms with Crippen molar-refractivity contribution in [2.75, 3.05) is 32.6 Å². The fourth-order valence-electron chi connectivity index (χ4n) is 6.09. The molecule has 4 rings (SSSR count). The van der Waals surface area contributed by atoms with Gasteiger partial charge in [-0.1, -0.05) is 31.0 Å². The first-order chi connectivity index (χ1) is 23.1. The zero-order valence-corrected chi connectivity index (χ0v) is 29.9. The third-order valence-electron chi connectivity index (χ3n) is 8.41. The SMILES string of the molecule is CCCC(c1ccc(-n2cc3cc(-c4cc(CCCC(C)N)cc(Cl)c4F)[nH]c3nc2=O)cc1SC)N(CCCF)CCCN=C(C)N. The van der Waals surface area contributed by atoms with E-state index >= 15 is 4.39 Å². The van der Waals surface area contributed by atoms with Gasteiger partial charge in [-0.25, -0.2) is 9.18 Å². The van der Waals surface area contributed by atoms with E-state index in [0.717, 1.165) is 61.1 Å². The summed E-state index contributed by atoms with van der Waals surface area (Å²) in [6.45, 7) is 7.56. The van der Waals surface area contributed by atoms with Crippen LogP contribution in [0.25, 0.3) is 28.0 Å². The van der Waals surface area contributed by atoms with Crippen LogP contribution in [0, 0.1) is 5.82 Å². The molecule has 8 nitrogen and oxygen atoms in total. The molecule has 4 aromatic rings. The van der Waals surface area contributed by atoms with Crippen molar-refractivity contribution in [3.05, 3.63) is 75.0 Å². The number of hydrogen-bond acceptors (Lipinski definition) is 6.